The second-order valence-electron chi connectivity index (χ2n) is 6.63. The van der Waals surface area contributed by atoms with Crippen molar-refractivity contribution in [2.75, 3.05) is 12.9 Å². The van der Waals surface area contributed by atoms with E-state index < -0.39 is 4.92 Å². The number of para-hydroxylation sites is 1. The van der Waals surface area contributed by atoms with E-state index in [1.807, 2.05) is 30.3 Å². The molecule has 1 amide bonds. The smallest absolute Gasteiger partial charge is 0.270 e. The molecule has 0 aliphatic carbocycles. The summed E-state index contributed by atoms with van der Waals surface area (Å²) in [6, 6.07) is 16.8. The number of hydrogen-bond acceptors (Lipinski definition) is 10. The number of hydrazone groups is 1. The molecule has 13 heteroatoms. The van der Waals surface area contributed by atoms with Crippen LogP contribution in [0.2, 0.25) is 0 Å². The van der Waals surface area contributed by atoms with Crippen LogP contribution in [0.1, 0.15) is 5.76 Å². The van der Waals surface area contributed by atoms with Crippen LogP contribution >= 0.6 is 11.8 Å². The van der Waals surface area contributed by atoms with Gasteiger partial charge in [0.1, 0.15) is 17.3 Å². The van der Waals surface area contributed by atoms with Crippen LogP contribution < -0.4 is 10.2 Å². The highest BCUT2D eigenvalue weighted by atomic mass is 32.2. The fourth-order valence-electron chi connectivity index (χ4n) is 2.90. The average molecular weight is 479 g/mol. The van der Waals surface area contributed by atoms with E-state index >= 15 is 0 Å². The van der Waals surface area contributed by atoms with Crippen molar-refractivity contribution in [3.05, 3.63) is 76.5 Å². The number of amides is 1. The van der Waals surface area contributed by atoms with Gasteiger partial charge in [0, 0.05) is 12.1 Å². The number of thioether (sulfide) groups is 1. The lowest BCUT2D eigenvalue weighted by atomic mass is 10.1. The Hall–Kier alpha value is -4.52. The van der Waals surface area contributed by atoms with Crippen molar-refractivity contribution in [2.24, 2.45) is 5.10 Å². The van der Waals surface area contributed by atoms with E-state index in [1.54, 1.807) is 12.1 Å². The number of nitrogens with zero attached hydrogens (tertiary/aromatic N) is 6. The molecular weight excluding hydrogens is 462 g/mol. The maximum absolute atomic E-state index is 12.2. The number of hydrogen-bond donors (Lipinski definition) is 1. The molecule has 4 rings (SSSR count). The third-order valence-electron chi connectivity index (χ3n) is 4.44. The number of furan rings is 1. The number of aromatic nitrogens is 4. The number of ether oxygens (including phenoxy) is 1. The van der Waals surface area contributed by atoms with E-state index in [0.717, 1.165) is 17.4 Å². The van der Waals surface area contributed by atoms with Crippen LogP contribution in [-0.2, 0) is 4.79 Å². The number of benzene rings is 2. The van der Waals surface area contributed by atoms with Crippen molar-refractivity contribution in [3.8, 4) is 22.8 Å². The number of non-ortho nitro benzene ring substituents is 1. The molecule has 0 unspecified atom stereocenters. The van der Waals surface area contributed by atoms with Crippen LogP contribution in [0.25, 0.3) is 17.0 Å². The molecule has 0 radical (unpaired) electrons. The number of tetrazole rings is 1. The van der Waals surface area contributed by atoms with Crippen LogP contribution in [0.4, 0.5) is 5.69 Å². The van der Waals surface area contributed by atoms with Crippen molar-refractivity contribution in [1.29, 1.82) is 0 Å². The van der Waals surface area contributed by atoms with Crippen LogP contribution in [-0.4, -0.2) is 50.1 Å². The molecule has 12 nitrogen and oxygen atoms in total. The molecule has 4 aromatic rings. The molecule has 0 bridgehead atoms. The van der Waals surface area contributed by atoms with Gasteiger partial charge in [-0.25, -0.2) is 5.43 Å². The maximum Gasteiger partial charge on any atom is 0.270 e. The SMILES string of the molecule is COc1ccc([N+](=O)[O-])cc1-c1ccc(/C=N/NC(=O)CSc2nnnn2-c2ccccc2)o1. The highest BCUT2D eigenvalue weighted by Gasteiger charge is 2.16. The quantitative estimate of drug-likeness (QED) is 0.165. The normalized spacial score (nSPS) is 11.0. The molecule has 2 aromatic heterocycles. The molecule has 0 aliphatic rings. The first-order valence-corrected chi connectivity index (χ1v) is 10.7. The lowest BCUT2D eigenvalue weighted by Crippen LogP contribution is -2.19. The van der Waals surface area contributed by atoms with E-state index in [-0.39, 0.29) is 17.3 Å². The molecule has 0 saturated heterocycles. The number of carbonyl (C=O) groups excluding carboxylic acids is 1. The molecular formula is C21H17N7O5S. The predicted octanol–water partition coefficient (Wildman–Crippen LogP) is 3.08. The monoisotopic (exact) mass is 479 g/mol. The lowest BCUT2D eigenvalue weighted by Gasteiger charge is -2.05. The Balaban J connectivity index is 1.36. The Morgan fingerprint density at radius 2 is 2.09 bits per heavy atom. The Bertz CT molecular complexity index is 1340. The number of nitrogens with one attached hydrogen (secondary N) is 1. The highest BCUT2D eigenvalue weighted by molar-refractivity contribution is 7.99. The molecule has 0 fully saturated rings. The minimum Gasteiger partial charge on any atom is -0.496 e. The summed E-state index contributed by atoms with van der Waals surface area (Å²) >= 11 is 1.16. The van der Waals surface area contributed by atoms with Crippen LogP contribution in [0.15, 0.2) is 75.3 Å². The molecule has 2 heterocycles. The molecule has 0 atom stereocenters. The van der Waals surface area contributed by atoms with Gasteiger partial charge in [0.2, 0.25) is 5.16 Å². The van der Waals surface area contributed by atoms with E-state index in [4.69, 9.17) is 9.15 Å². The summed E-state index contributed by atoms with van der Waals surface area (Å²) in [5, 5.41) is 26.9. The zero-order chi connectivity index (χ0) is 23.9. The summed E-state index contributed by atoms with van der Waals surface area (Å²) in [5.74, 6) is 0.794. The Labute approximate surface area is 196 Å². The summed E-state index contributed by atoms with van der Waals surface area (Å²) in [7, 11) is 1.46. The molecule has 172 valence electrons. The third kappa shape index (κ3) is 5.27. The van der Waals surface area contributed by atoms with Crippen molar-refractivity contribution in [1.82, 2.24) is 25.6 Å². The molecule has 0 saturated carbocycles. The summed E-state index contributed by atoms with van der Waals surface area (Å²) in [5.41, 5.74) is 3.52. The second kappa shape index (κ2) is 10.4. The Morgan fingerprint density at radius 3 is 2.85 bits per heavy atom. The topological polar surface area (TPSA) is 151 Å². The van der Waals surface area contributed by atoms with Crippen LogP contribution in [0, 0.1) is 10.1 Å². The van der Waals surface area contributed by atoms with Gasteiger partial charge in [-0.15, -0.1) is 5.10 Å². The fraction of sp³-hybridized carbons (Fsp3) is 0.0952. The molecule has 34 heavy (non-hydrogen) atoms. The molecule has 1 N–H and O–H groups in total. The van der Waals surface area contributed by atoms with E-state index in [1.165, 1.54) is 36.2 Å². The number of nitro groups is 1. The highest BCUT2D eigenvalue weighted by Crippen LogP contribution is 2.34. The lowest BCUT2D eigenvalue weighted by molar-refractivity contribution is -0.384. The van der Waals surface area contributed by atoms with Gasteiger partial charge in [-0.2, -0.15) is 9.78 Å². The van der Waals surface area contributed by atoms with E-state index in [9.17, 15) is 14.9 Å². The van der Waals surface area contributed by atoms with Crippen molar-refractivity contribution in [2.45, 2.75) is 5.16 Å². The van der Waals surface area contributed by atoms with E-state index in [2.05, 4.69) is 26.1 Å². The Kier molecular flexibility index (Phi) is 6.93. The van der Waals surface area contributed by atoms with Gasteiger partial charge in [0.05, 0.1) is 35.3 Å². The minimum absolute atomic E-state index is 0.0405. The Morgan fingerprint density at radius 1 is 1.26 bits per heavy atom. The zero-order valence-electron chi connectivity index (χ0n) is 17.7. The maximum atomic E-state index is 12.2. The van der Waals surface area contributed by atoms with Crippen LogP contribution in [0.5, 0.6) is 5.75 Å². The molecule has 0 aliphatic heterocycles. The van der Waals surface area contributed by atoms with Crippen molar-refractivity contribution < 1.29 is 18.9 Å². The van der Waals surface area contributed by atoms with Gasteiger partial charge < -0.3 is 9.15 Å². The first-order valence-electron chi connectivity index (χ1n) is 9.76. The van der Waals surface area contributed by atoms with Gasteiger partial charge in [-0.05, 0) is 40.8 Å². The summed E-state index contributed by atoms with van der Waals surface area (Å²) < 4.78 is 12.5. The largest absolute Gasteiger partial charge is 0.496 e. The van der Waals surface area contributed by atoms with Crippen molar-refractivity contribution in [3.63, 3.8) is 0 Å². The molecule has 0 spiro atoms. The summed E-state index contributed by atoms with van der Waals surface area (Å²) in [6.45, 7) is 0. The number of carbonyl (C=O) groups is 1. The first-order chi connectivity index (χ1) is 16.5. The summed E-state index contributed by atoms with van der Waals surface area (Å²) in [4.78, 5) is 22.7. The number of methoxy groups -OCH3 is 1. The van der Waals surface area contributed by atoms with Gasteiger partial charge in [0.15, 0.2) is 0 Å². The minimum atomic E-state index is -0.500. The second-order valence-corrected chi connectivity index (χ2v) is 7.58. The average Bonchev–Trinajstić information content (AvgIpc) is 3.52. The predicted molar refractivity (Wildman–Crippen MR) is 123 cm³/mol. The van der Waals surface area contributed by atoms with Gasteiger partial charge in [-0.3, -0.25) is 14.9 Å². The fourth-order valence-corrected chi connectivity index (χ4v) is 3.58. The zero-order valence-corrected chi connectivity index (χ0v) is 18.5. The number of rotatable bonds is 9. The summed E-state index contributed by atoms with van der Waals surface area (Å²) in [6.07, 6.45) is 1.32. The third-order valence-corrected chi connectivity index (χ3v) is 5.36. The van der Waals surface area contributed by atoms with Crippen molar-refractivity contribution >= 4 is 29.6 Å². The standard InChI is InChI=1S/C21H17N7O5S/c1-32-18-9-7-15(28(30)31)11-17(18)19-10-8-16(33-19)12-22-23-20(29)13-34-21-24-25-26-27(21)14-5-3-2-4-6-14/h2-12H,13H2,1H3,(H,23,29)/b22-12+. The van der Waals surface area contributed by atoms with Gasteiger partial charge in [0.25, 0.3) is 11.6 Å². The first kappa shape index (κ1) is 22.7. The van der Waals surface area contributed by atoms with Gasteiger partial charge in [-0.1, -0.05) is 30.0 Å². The number of nitro benzene ring substituents is 1. The van der Waals surface area contributed by atoms with Gasteiger partial charge >= 0.3 is 0 Å². The van der Waals surface area contributed by atoms with E-state index in [0.29, 0.717) is 28.0 Å². The molecule has 2 aromatic carbocycles. The van der Waals surface area contributed by atoms with Crippen LogP contribution in [0.3, 0.4) is 0 Å².